The average molecular weight is 264 g/mol. The molecule has 0 spiro atoms. The molecule has 0 fully saturated rings. The second-order valence-corrected chi connectivity index (χ2v) is 3.92. The molecule has 2 heterocycles. The number of aromatic nitrogens is 5. The second-order valence-electron chi connectivity index (χ2n) is 3.92. The number of nitrogens with zero attached hydrogens (tertiary/aromatic N) is 5. The molecule has 0 saturated heterocycles. The van der Waals surface area contributed by atoms with Crippen LogP contribution in [0.15, 0.2) is 0 Å². The van der Waals surface area contributed by atoms with Crippen LogP contribution in [0.1, 0.15) is 18.3 Å². The highest BCUT2D eigenvalue weighted by Crippen LogP contribution is 2.26. The molecule has 19 heavy (non-hydrogen) atoms. The third kappa shape index (κ3) is 2.72. The smallest absolute Gasteiger partial charge is 0.330 e. The zero-order valence-electron chi connectivity index (χ0n) is 11.3. The van der Waals surface area contributed by atoms with Crippen molar-refractivity contribution in [2.24, 2.45) is 7.05 Å². The summed E-state index contributed by atoms with van der Waals surface area (Å²) in [5, 5.41) is 4.25. The number of nitrogens with two attached hydrogens (primary N) is 1. The van der Waals surface area contributed by atoms with Crippen molar-refractivity contribution >= 4 is 5.95 Å². The first kappa shape index (κ1) is 13.1. The lowest BCUT2D eigenvalue weighted by atomic mass is 10.3. The van der Waals surface area contributed by atoms with Crippen molar-refractivity contribution in [3.05, 3.63) is 11.4 Å². The molecular weight excluding hydrogens is 248 g/mol. The first-order valence-corrected chi connectivity index (χ1v) is 5.83. The fourth-order valence-corrected chi connectivity index (χ4v) is 1.59. The molecule has 0 radical (unpaired) electrons. The van der Waals surface area contributed by atoms with E-state index in [1.165, 1.54) is 0 Å². The van der Waals surface area contributed by atoms with Crippen LogP contribution >= 0.6 is 0 Å². The van der Waals surface area contributed by atoms with Gasteiger partial charge in [0.1, 0.15) is 5.69 Å². The van der Waals surface area contributed by atoms with Crippen LogP contribution < -0.4 is 15.2 Å². The van der Waals surface area contributed by atoms with Crippen LogP contribution in [0.3, 0.4) is 0 Å². The van der Waals surface area contributed by atoms with E-state index in [9.17, 15) is 0 Å². The molecule has 0 aliphatic heterocycles. The number of rotatable bonds is 4. The number of ether oxygens (including phenoxy) is 2. The van der Waals surface area contributed by atoms with Gasteiger partial charge in [-0.1, -0.05) is 0 Å². The normalized spacial score (nSPS) is 10.5. The van der Waals surface area contributed by atoms with Crippen molar-refractivity contribution < 1.29 is 9.47 Å². The minimum absolute atomic E-state index is 0.0487. The Hall–Kier alpha value is -2.38. The summed E-state index contributed by atoms with van der Waals surface area (Å²) in [6, 6.07) is 0.236. The lowest BCUT2D eigenvalue weighted by Gasteiger charge is -2.06. The number of hydrogen-bond donors (Lipinski definition) is 1. The van der Waals surface area contributed by atoms with Gasteiger partial charge >= 0.3 is 12.0 Å². The number of nitrogen functional groups attached to an aromatic ring is 1. The van der Waals surface area contributed by atoms with Gasteiger partial charge in [-0.15, -0.1) is 4.98 Å². The largest absolute Gasteiger partial charge is 0.464 e. The van der Waals surface area contributed by atoms with Crippen LogP contribution in [0.4, 0.5) is 5.95 Å². The van der Waals surface area contributed by atoms with E-state index in [4.69, 9.17) is 15.2 Å². The lowest BCUT2D eigenvalue weighted by Crippen LogP contribution is -2.05. The highest BCUT2D eigenvalue weighted by atomic mass is 16.5. The molecule has 0 aromatic carbocycles. The molecule has 102 valence electrons. The summed E-state index contributed by atoms with van der Waals surface area (Å²) in [4.78, 5) is 11.8. The zero-order valence-corrected chi connectivity index (χ0v) is 11.3. The number of aryl methyl sites for hydroxylation is 2. The van der Waals surface area contributed by atoms with Gasteiger partial charge in [-0.25, -0.2) is 0 Å². The van der Waals surface area contributed by atoms with E-state index in [-0.39, 0.29) is 18.0 Å². The molecule has 0 unspecified atom stereocenters. The fourth-order valence-electron chi connectivity index (χ4n) is 1.59. The standard InChI is InChI=1S/C11H16N6O2/c1-5-18-10-13-9(12)14-11(15-10)19-8-6(2)16-17(4)7(8)3/h5H2,1-4H3,(H2,12,13,14,15). The SMILES string of the molecule is CCOc1nc(N)nc(Oc2c(C)nn(C)c2C)n1. The van der Waals surface area contributed by atoms with Crippen molar-refractivity contribution in [2.45, 2.75) is 20.8 Å². The Balaban J connectivity index is 2.32. The van der Waals surface area contributed by atoms with Crippen LogP contribution in [-0.2, 0) is 7.05 Å². The van der Waals surface area contributed by atoms with E-state index in [0.29, 0.717) is 12.4 Å². The summed E-state index contributed by atoms with van der Waals surface area (Å²) < 4.78 is 12.5. The van der Waals surface area contributed by atoms with Crippen molar-refractivity contribution in [1.29, 1.82) is 0 Å². The first-order valence-electron chi connectivity index (χ1n) is 5.83. The monoisotopic (exact) mass is 264 g/mol. The highest BCUT2D eigenvalue weighted by molar-refractivity contribution is 5.34. The third-order valence-corrected chi connectivity index (χ3v) is 2.52. The van der Waals surface area contributed by atoms with Crippen LogP contribution in [0.2, 0.25) is 0 Å². The van der Waals surface area contributed by atoms with Crippen LogP contribution in [0, 0.1) is 13.8 Å². The molecule has 0 bridgehead atoms. The van der Waals surface area contributed by atoms with Gasteiger partial charge in [0.25, 0.3) is 0 Å². The molecule has 8 nitrogen and oxygen atoms in total. The maximum Gasteiger partial charge on any atom is 0.330 e. The van der Waals surface area contributed by atoms with E-state index in [1.807, 2.05) is 27.8 Å². The molecule has 0 aliphatic carbocycles. The van der Waals surface area contributed by atoms with E-state index < -0.39 is 0 Å². The summed E-state index contributed by atoms with van der Waals surface area (Å²) in [7, 11) is 1.84. The third-order valence-electron chi connectivity index (χ3n) is 2.52. The lowest BCUT2D eigenvalue weighted by molar-refractivity contribution is 0.303. The van der Waals surface area contributed by atoms with E-state index in [0.717, 1.165) is 11.4 Å². The molecule has 0 amide bonds. The summed E-state index contributed by atoms with van der Waals surface area (Å²) in [5.41, 5.74) is 7.20. The van der Waals surface area contributed by atoms with Crippen LogP contribution in [0.25, 0.3) is 0 Å². The Morgan fingerprint density at radius 1 is 1.16 bits per heavy atom. The van der Waals surface area contributed by atoms with Gasteiger partial charge in [0.2, 0.25) is 5.95 Å². The van der Waals surface area contributed by atoms with E-state index >= 15 is 0 Å². The van der Waals surface area contributed by atoms with Gasteiger partial charge < -0.3 is 15.2 Å². The topological polar surface area (TPSA) is 101 Å². The Labute approximate surface area is 110 Å². The summed E-state index contributed by atoms with van der Waals surface area (Å²) in [6.45, 7) is 6.00. The fraction of sp³-hybridized carbons (Fsp3) is 0.455. The molecule has 8 heteroatoms. The molecule has 0 aliphatic rings. The van der Waals surface area contributed by atoms with Gasteiger partial charge in [-0.05, 0) is 20.8 Å². The van der Waals surface area contributed by atoms with Crippen LogP contribution in [-0.4, -0.2) is 31.3 Å². The minimum Gasteiger partial charge on any atom is -0.464 e. The molecule has 2 rings (SSSR count). The molecular formula is C11H16N6O2. The van der Waals surface area contributed by atoms with E-state index in [1.54, 1.807) is 4.68 Å². The van der Waals surface area contributed by atoms with Crippen molar-refractivity contribution in [2.75, 3.05) is 12.3 Å². The summed E-state index contributed by atoms with van der Waals surface area (Å²) in [6.07, 6.45) is 0. The summed E-state index contributed by atoms with van der Waals surface area (Å²) >= 11 is 0. The Morgan fingerprint density at radius 2 is 1.84 bits per heavy atom. The quantitative estimate of drug-likeness (QED) is 0.878. The second kappa shape index (κ2) is 5.09. The number of hydrogen-bond acceptors (Lipinski definition) is 7. The maximum atomic E-state index is 5.62. The van der Waals surface area contributed by atoms with Gasteiger partial charge in [0.15, 0.2) is 5.75 Å². The number of anilines is 1. The summed E-state index contributed by atoms with van der Waals surface area (Å²) in [5.74, 6) is 0.656. The average Bonchev–Trinajstić information content (AvgIpc) is 2.56. The predicted octanol–water partition coefficient (Wildman–Crippen LogP) is 0.995. The Kier molecular flexibility index (Phi) is 3.50. The molecule has 2 N–H and O–H groups in total. The first-order chi connectivity index (χ1) is 9.01. The van der Waals surface area contributed by atoms with Crippen molar-refractivity contribution in [1.82, 2.24) is 24.7 Å². The van der Waals surface area contributed by atoms with Gasteiger partial charge in [-0.3, -0.25) is 4.68 Å². The maximum absolute atomic E-state index is 5.62. The Bertz CT molecular complexity index is 595. The van der Waals surface area contributed by atoms with Crippen molar-refractivity contribution in [3.63, 3.8) is 0 Å². The Morgan fingerprint density at radius 3 is 2.42 bits per heavy atom. The predicted molar refractivity (Wildman–Crippen MR) is 68.2 cm³/mol. The molecule has 0 saturated carbocycles. The minimum atomic E-state index is 0.0487. The van der Waals surface area contributed by atoms with Gasteiger partial charge in [0.05, 0.1) is 12.3 Å². The zero-order chi connectivity index (χ0) is 14.0. The van der Waals surface area contributed by atoms with Crippen molar-refractivity contribution in [3.8, 4) is 17.8 Å². The van der Waals surface area contributed by atoms with E-state index in [2.05, 4.69) is 20.1 Å². The highest BCUT2D eigenvalue weighted by Gasteiger charge is 2.14. The molecule has 2 aromatic rings. The molecule has 2 aromatic heterocycles. The molecule has 0 atom stereocenters. The van der Waals surface area contributed by atoms with Gasteiger partial charge in [-0.2, -0.15) is 15.1 Å². The van der Waals surface area contributed by atoms with Crippen LogP contribution in [0.5, 0.6) is 17.8 Å². The van der Waals surface area contributed by atoms with Gasteiger partial charge in [0, 0.05) is 7.05 Å².